The van der Waals surface area contributed by atoms with E-state index in [4.69, 9.17) is 5.73 Å². The average Bonchev–Trinajstić information content (AvgIpc) is 2.65. The van der Waals surface area contributed by atoms with Crippen LogP contribution in [0.2, 0.25) is 0 Å². The minimum absolute atomic E-state index is 0.778. The van der Waals surface area contributed by atoms with Crippen LogP contribution in [0.1, 0.15) is 5.56 Å². The van der Waals surface area contributed by atoms with E-state index in [-0.39, 0.29) is 0 Å². The maximum absolute atomic E-state index is 5.75. The number of aromatic nitrogens is 3. The minimum atomic E-state index is 0.778. The van der Waals surface area contributed by atoms with Gasteiger partial charge in [0.25, 0.3) is 0 Å². The third-order valence-corrected chi connectivity index (χ3v) is 2.61. The van der Waals surface area contributed by atoms with E-state index in [1.807, 2.05) is 12.1 Å². The Labute approximate surface area is 81.4 Å². The second-order valence-corrected chi connectivity index (χ2v) is 3.51. The Kier molecular flexibility index (Phi) is 1.39. The van der Waals surface area contributed by atoms with Crippen LogP contribution in [0.4, 0.5) is 5.69 Å². The predicted octanol–water partition coefficient (Wildman–Crippen LogP) is 1.08. The van der Waals surface area contributed by atoms with Crippen molar-refractivity contribution in [3.05, 3.63) is 30.1 Å². The first-order valence-electron chi connectivity index (χ1n) is 4.61. The fourth-order valence-electron chi connectivity index (χ4n) is 1.89. The van der Waals surface area contributed by atoms with E-state index in [0.29, 0.717) is 0 Å². The lowest BCUT2D eigenvalue weighted by molar-refractivity contribution is 0.682. The summed E-state index contributed by atoms with van der Waals surface area (Å²) >= 11 is 0. The number of rotatable bonds is 0. The third-order valence-electron chi connectivity index (χ3n) is 2.61. The molecule has 0 saturated carbocycles. The van der Waals surface area contributed by atoms with Crippen molar-refractivity contribution in [1.82, 2.24) is 14.8 Å². The molecule has 0 fully saturated rings. The molecule has 0 spiro atoms. The van der Waals surface area contributed by atoms with Crippen LogP contribution in [-0.2, 0) is 13.0 Å². The van der Waals surface area contributed by atoms with Crippen LogP contribution in [0.3, 0.4) is 0 Å². The molecule has 1 aromatic carbocycles. The van der Waals surface area contributed by atoms with Crippen LogP contribution in [0.25, 0.3) is 11.4 Å². The molecule has 0 saturated heterocycles. The molecule has 0 atom stereocenters. The second-order valence-electron chi connectivity index (χ2n) is 3.51. The van der Waals surface area contributed by atoms with Crippen molar-refractivity contribution in [3.8, 4) is 11.4 Å². The van der Waals surface area contributed by atoms with Gasteiger partial charge in [0.2, 0.25) is 0 Å². The third kappa shape index (κ3) is 0.937. The number of nitrogens with two attached hydrogens (primary N) is 1. The van der Waals surface area contributed by atoms with E-state index in [1.54, 1.807) is 6.33 Å². The van der Waals surface area contributed by atoms with E-state index < -0.39 is 0 Å². The van der Waals surface area contributed by atoms with Crippen molar-refractivity contribution in [2.75, 3.05) is 5.73 Å². The van der Waals surface area contributed by atoms with E-state index in [0.717, 1.165) is 30.0 Å². The van der Waals surface area contributed by atoms with Gasteiger partial charge in [-0.25, -0.2) is 0 Å². The van der Waals surface area contributed by atoms with Gasteiger partial charge < -0.3 is 10.3 Å². The van der Waals surface area contributed by atoms with E-state index in [2.05, 4.69) is 20.8 Å². The Morgan fingerprint density at radius 2 is 2.29 bits per heavy atom. The maximum atomic E-state index is 5.75. The zero-order chi connectivity index (χ0) is 9.54. The van der Waals surface area contributed by atoms with Gasteiger partial charge in [-0.1, -0.05) is 6.07 Å². The number of hydrogen-bond donors (Lipinski definition) is 1. The molecule has 2 aromatic rings. The normalized spacial score (nSPS) is 13.4. The van der Waals surface area contributed by atoms with Gasteiger partial charge in [-0.3, -0.25) is 0 Å². The molecular formula is C10H10N4. The maximum Gasteiger partial charge on any atom is 0.164 e. The molecule has 1 aliphatic rings. The summed E-state index contributed by atoms with van der Waals surface area (Å²) in [7, 11) is 0. The van der Waals surface area contributed by atoms with E-state index >= 15 is 0 Å². The lowest BCUT2D eigenvalue weighted by atomic mass is 10.0. The van der Waals surface area contributed by atoms with Crippen LogP contribution in [0.15, 0.2) is 24.5 Å². The highest BCUT2D eigenvalue weighted by Gasteiger charge is 2.16. The van der Waals surface area contributed by atoms with Crippen molar-refractivity contribution in [2.24, 2.45) is 0 Å². The number of aryl methyl sites for hydroxylation is 2. The van der Waals surface area contributed by atoms with Gasteiger partial charge in [0.1, 0.15) is 6.33 Å². The molecule has 1 aromatic heterocycles. The van der Waals surface area contributed by atoms with Gasteiger partial charge in [0.05, 0.1) is 0 Å². The zero-order valence-corrected chi connectivity index (χ0v) is 7.64. The molecule has 3 rings (SSSR count). The number of fused-ring (bicyclic) bond motifs is 3. The van der Waals surface area contributed by atoms with Crippen molar-refractivity contribution < 1.29 is 0 Å². The standard InChI is InChI=1S/C10H10N4/c11-8-2-1-7-3-4-14-6-12-13-10(14)9(7)5-8/h1-2,5-6H,3-4,11H2. The molecule has 1 aliphatic heterocycles. The van der Waals surface area contributed by atoms with Crippen molar-refractivity contribution in [2.45, 2.75) is 13.0 Å². The van der Waals surface area contributed by atoms with Crippen LogP contribution >= 0.6 is 0 Å². The average molecular weight is 186 g/mol. The Bertz CT molecular complexity index is 487. The first-order valence-corrected chi connectivity index (χ1v) is 4.61. The Hall–Kier alpha value is -1.84. The number of nitrogen functional groups attached to an aromatic ring is 1. The molecule has 0 aliphatic carbocycles. The minimum Gasteiger partial charge on any atom is -0.399 e. The molecule has 0 amide bonds. The van der Waals surface area contributed by atoms with Gasteiger partial charge in [-0.15, -0.1) is 10.2 Å². The molecule has 2 heterocycles. The van der Waals surface area contributed by atoms with Crippen molar-refractivity contribution in [1.29, 1.82) is 0 Å². The summed E-state index contributed by atoms with van der Waals surface area (Å²) in [5.41, 5.74) is 8.95. The van der Waals surface area contributed by atoms with E-state index in [1.165, 1.54) is 5.56 Å². The number of anilines is 1. The highest BCUT2D eigenvalue weighted by molar-refractivity contribution is 5.66. The lowest BCUT2D eigenvalue weighted by Gasteiger charge is -2.16. The molecular weight excluding hydrogens is 176 g/mol. The van der Waals surface area contributed by atoms with Crippen LogP contribution < -0.4 is 5.73 Å². The molecule has 14 heavy (non-hydrogen) atoms. The summed E-state index contributed by atoms with van der Waals surface area (Å²) in [4.78, 5) is 0. The lowest BCUT2D eigenvalue weighted by Crippen LogP contribution is -2.10. The molecule has 0 radical (unpaired) electrons. The van der Waals surface area contributed by atoms with Gasteiger partial charge in [0.15, 0.2) is 5.82 Å². The van der Waals surface area contributed by atoms with Crippen LogP contribution in [0.5, 0.6) is 0 Å². The molecule has 70 valence electrons. The highest BCUT2D eigenvalue weighted by atomic mass is 15.3. The summed E-state index contributed by atoms with van der Waals surface area (Å²) in [5, 5.41) is 8.00. The summed E-state index contributed by atoms with van der Waals surface area (Å²) in [6.07, 6.45) is 2.79. The Morgan fingerprint density at radius 3 is 3.21 bits per heavy atom. The molecule has 0 bridgehead atoms. The zero-order valence-electron chi connectivity index (χ0n) is 7.64. The first kappa shape index (κ1) is 7.55. The largest absolute Gasteiger partial charge is 0.399 e. The topological polar surface area (TPSA) is 56.7 Å². The number of hydrogen-bond acceptors (Lipinski definition) is 3. The summed E-state index contributed by atoms with van der Waals surface area (Å²) in [6.45, 7) is 0.958. The highest BCUT2D eigenvalue weighted by Crippen LogP contribution is 2.28. The first-order chi connectivity index (χ1) is 6.84. The van der Waals surface area contributed by atoms with Gasteiger partial charge in [-0.2, -0.15) is 0 Å². The molecule has 4 heteroatoms. The second kappa shape index (κ2) is 2.57. The van der Waals surface area contributed by atoms with Gasteiger partial charge >= 0.3 is 0 Å². The van der Waals surface area contributed by atoms with Gasteiger partial charge in [-0.05, 0) is 24.1 Å². The van der Waals surface area contributed by atoms with Crippen molar-refractivity contribution >= 4 is 5.69 Å². The van der Waals surface area contributed by atoms with E-state index in [9.17, 15) is 0 Å². The van der Waals surface area contributed by atoms with Gasteiger partial charge in [0, 0.05) is 17.8 Å². The van der Waals surface area contributed by atoms with Crippen molar-refractivity contribution in [3.63, 3.8) is 0 Å². The quantitative estimate of drug-likeness (QED) is 0.626. The monoisotopic (exact) mass is 186 g/mol. The predicted molar refractivity (Wildman–Crippen MR) is 53.6 cm³/mol. The fourth-order valence-corrected chi connectivity index (χ4v) is 1.89. The fraction of sp³-hybridized carbons (Fsp3) is 0.200. The summed E-state index contributed by atoms with van der Waals surface area (Å²) in [6, 6.07) is 5.97. The van der Waals surface area contributed by atoms with Crippen LogP contribution in [-0.4, -0.2) is 14.8 Å². The molecule has 4 nitrogen and oxygen atoms in total. The molecule has 0 unspecified atom stereocenters. The summed E-state index contributed by atoms with van der Waals surface area (Å²) in [5.74, 6) is 0.929. The smallest absolute Gasteiger partial charge is 0.164 e. The SMILES string of the molecule is Nc1ccc2c(c1)-c1nncn1CC2. The number of nitrogens with zero attached hydrogens (tertiary/aromatic N) is 3. The number of benzene rings is 1. The van der Waals surface area contributed by atoms with Crippen LogP contribution in [0, 0.1) is 0 Å². The Morgan fingerprint density at radius 1 is 1.36 bits per heavy atom. The Balaban J connectivity index is 2.28. The summed E-state index contributed by atoms with van der Waals surface area (Å²) < 4.78 is 2.06. The molecule has 2 N–H and O–H groups in total.